The highest BCUT2D eigenvalue weighted by molar-refractivity contribution is 6.38. The van der Waals surface area contributed by atoms with E-state index < -0.39 is 60.5 Å². The van der Waals surface area contributed by atoms with Crippen molar-refractivity contribution in [2.24, 2.45) is 29.4 Å². The van der Waals surface area contributed by atoms with E-state index in [2.05, 4.69) is 49.0 Å². The standard InChI is InChI=1S/C21H37F2N3O3.C21H30N4O5.C3H8.C2H6/c1-5-13(3)16-11-14(4)26(12-16)19(27)18(25-20(28)29-17(24)6-2)15-7-9-21(22,23)10-8-15;1-5-14(2)11-16(23-13-26)19(28)20(29)22-12-17(27)24-18(21(30)25(3)4)15-9-7-6-8-10-15;1-3-2;1-2/h13-18H,5-12,24H2,1-4H3,(H,25,28);6-10,13-14,16,18H,5,11-12H2,1-4H3,(H,22,29)(H,23,26)(H,24,27);3H2,1-2H3;1-2H3/t13?,14?,16-,17?,18?;;;/m1.../s1. The molecule has 1 saturated carbocycles. The Balaban J connectivity index is 0.00000113. The molecular formula is C47H81F2N7O8. The van der Waals surface area contributed by atoms with Crippen LogP contribution in [0.15, 0.2) is 30.3 Å². The summed E-state index contributed by atoms with van der Waals surface area (Å²) in [5.74, 6) is -4.92. The summed E-state index contributed by atoms with van der Waals surface area (Å²) in [6.45, 7) is 20.4. The number of carbonyl (C=O) groups excluding carboxylic acids is 7. The van der Waals surface area contributed by atoms with Gasteiger partial charge in [0.05, 0.1) is 12.6 Å². The summed E-state index contributed by atoms with van der Waals surface area (Å²) in [7, 11) is 3.14. The summed E-state index contributed by atoms with van der Waals surface area (Å²) in [4.78, 5) is 88.8. The van der Waals surface area contributed by atoms with Gasteiger partial charge in [-0.1, -0.05) is 112 Å². The fourth-order valence-electron chi connectivity index (χ4n) is 7.17. The van der Waals surface area contributed by atoms with Gasteiger partial charge in [0.15, 0.2) is 6.23 Å². The number of rotatable bonds is 19. The second-order valence-electron chi connectivity index (χ2n) is 16.9. The number of ether oxygens (including phenoxy) is 1. The van der Waals surface area contributed by atoms with E-state index in [9.17, 15) is 42.3 Å². The number of nitrogens with one attached hydrogen (secondary N) is 4. The van der Waals surface area contributed by atoms with E-state index in [1.54, 1.807) is 51.4 Å². The second-order valence-corrected chi connectivity index (χ2v) is 16.9. The van der Waals surface area contributed by atoms with Crippen LogP contribution in [0.3, 0.4) is 0 Å². The molecule has 8 atom stereocenters. The van der Waals surface area contributed by atoms with E-state index in [0.717, 1.165) is 19.3 Å². The number of alkyl halides is 2. The molecule has 6 N–H and O–H groups in total. The zero-order chi connectivity index (χ0) is 49.2. The zero-order valence-corrected chi connectivity index (χ0v) is 40.6. The maximum atomic E-state index is 13.6. The van der Waals surface area contributed by atoms with Gasteiger partial charge in [-0.2, -0.15) is 0 Å². The van der Waals surface area contributed by atoms with Crippen LogP contribution in [-0.4, -0.2) is 109 Å². The van der Waals surface area contributed by atoms with Crippen molar-refractivity contribution in [1.82, 2.24) is 31.1 Å². The largest absolute Gasteiger partial charge is 0.431 e. The minimum atomic E-state index is -2.70. The molecule has 2 fully saturated rings. The maximum absolute atomic E-state index is 13.6. The van der Waals surface area contributed by atoms with Crippen molar-refractivity contribution in [2.75, 3.05) is 27.2 Å². The third kappa shape index (κ3) is 20.9. The highest BCUT2D eigenvalue weighted by Crippen LogP contribution is 2.39. The molecular weight excluding hydrogens is 829 g/mol. The molecule has 1 heterocycles. The van der Waals surface area contributed by atoms with Crippen LogP contribution in [0.1, 0.15) is 145 Å². The van der Waals surface area contributed by atoms with E-state index in [-0.39, 0.29) is 55.4 Å². The number of hydrogen-bond donors (Lipinski definition) is 5. The summed E-state index contributed by atoms with van der Waals surface area (Å²) in [6, 6.07) is 6.02. The third-order valence-corrected chi connectivity index (χ3v) is 11.5. The van der Waals surface area contributed by atoms with Crippen LogP contribution in [0.5, 0.6) is 0 Å². The molecule has 0 bridgehead atoms. The van der Waals surface area contributed by atoms with Gasteiger partial charge in [0.2, 0.25) is 35.8 Å². The number of nitrogens with two attached hydrogens (primary N) is 1. The fraction of sp³-hybridized carbons (Fsp3) is 0.723. The number of halogens is 2. The molecule has 64 heavy (non-hydrogen) atoms. The first-order valence-corrected chi connectivity index (χ1v) is 23.2. The Kier molecular flexibility index (Phi) is 29.0. The number of likely N-dealkylation sites (N-methyl/N-ethyl adjacent to an activating group) is 1. The lowest BCUT2D eigenvalue weighted by Gasteiger charge is -2.36. The number of Topliss-reactive ketones (excluding diaryl/α,β-unsaturated/α-hetero) is 1. The Morgan fingerprint density at radius 2 is 1.50 bits per heavy atom. The number of alkyl carbamates (subject to hydrolysis) is 1. The van der Waals surface area contributed by atoms with Gasteiger partial charge in [-0.25, -0.2) is 13.6 Å². The van der Waals surface area contributed by atoms with Crippen molar-refractivity contribution in [3.05, 3.63) is 35.9 Å². The smallest absolute Gasteiger partial charge is 0.409 e. The number of likely N-dealkylation sites (tertiary alicyclic amines) is 1. The van der Waals surface area contributed by atoms with Gasteiger partial charge in [-0.3, -0.25) is 34.5 Å². The van der Waals surface area contributed by atoms with Gasteiger partial charge >= 0.3 is 6.09 Å². The highest BCUT2D eigenvalue weighted by atomic mass is 19.3. The summed E-state index contributed by atoms with van der Waals surface area (Å²) < 4.78 is 32.4. The third-order valence-electron chi connectivity index (χ3n) is 11.5. The molecule has 1 aliphatic carbocycles. The molecule has 0 spiro atoms. The lowest BCUT2D eigenvalue weighted by molar-refractivity contribution is -0.140. The highest BCUT2D eigenvalue weighted by Gasteiger charge is 2.44. The minimum absolute atomic E-state index is 0.0600. The van der Waals surface area contributed by atoms with Gasteiger partial charge in [-0.15, -0.1) is 0 Å². The SMILES string of the molecule is CC.CCC.CCC(C)CC(NC=O)C(=O)C(=O)NCC(=O)NC(C(=O)N(C)C)c1ccccc1.CCC(N)OC(=O)NC(C(=O)N1C[C@H](C(C)CC)CC1C)C1CCC(F)(F)CC1. The van der Waals surface area contributed by atoms with Crippen molar-refractivity contribution in [1.29, 1.82) is 0 Å². The molecule has 17 heteroatoms. The van der Waals surface area contributed by atoms with Gasteiger partial charge in [-0.05, 0) is 68.3 Å². The Morgan fingerprint density at radius 3 is 2.00 bits per heavy atom. The molecule has 1 aliphatic heterocycles. The molecule has 6 amide bonds. The number of benzene rings is 1. The zero-order valence-electron chi connectivity index (χ0n) is 40.6. The number of carbonyl (C=O) groups is 7. The Hall–Kier alpha value is -4.67. The lowest BCUT2D eigenvalue weighted by Crippen LogP contribution is -2.54. The molecule has 366 valence electrons. The van der Waals surface area contributed by atoms with Crippen LogP contribution in [0.25, 0.3) is 0 Å². The predicted octanol–water partition coefficient (Wildman–Crippen LogP) is 6.50. The van der Waals surface area contributed by atoms with Crippen LogP contribution >= 0.6 is 0 Å². The second kappa shape index (κ2) is 31.2. The van der Waals surface area contributed by atoms with Gasteiger partial charge in [0.25, 0.3) is 5.91 Å². The quantitative estimate of drug-likeness (QED) is 0.0583. The Labute approximate surface area is 381 Å². The van der Waals surface area contributed by atoms with Crippen LogP contribution in [0.4, 0.5) is 13.6 Å². The molecule has 3 rings (SSSR count). The predicted molar refractivity (Wildman–Crippen MR) is 246 cm³/mol. The van der Waals surface area contributed by atoms with Crippen molar-refractivity contribution in [3.8, 4) is 0 Å². The van der Waals surface area contributed by atoms with E-state index in [0.29, 0.717) is 43.2 Å². The van der Waals surface area contributed by atoms with E-state index in [1.165, 1.54) is 11.3 Å². The maximum Gasteiger partial charge on any atom is 0.409 e. The van der Waals surface area contributed by atoms with Crippen LogP contribution in [0, 0.1) is 23.7 Å². The topological polar surface area (TPSA) is 209 Å². The molecule has 7 unspecified atom stereocenters. The van der Waals surface area contributed by atoms with Crippen molar-refractivity contribution in [2.45, 2.75) is 170 Å². The fourth-order valence-corrected chi connectivity index (χ4v) is 7.17. The van der Waals surface area contributed by atoms with E-state index in [4.69, 9.17) is 10.5 Å². The van der Waals surface area contributed by atoms with Crippen LogP contribution in [-0.2, 0) is 33.5 Å². The number of nitrogens with zero attached hydrogens (tertiary/aromatic N) is 2. The van der Waals surface area contributed by atoms with Crippen molar-refractivity contribution in [3.63, 3.8) is 0 Å². The van der Waals surface area contributed by atoms with E-state index in [1.807, 2.05) is 39.5 Å². The van der Waals surface area contributed by atoms with Crippen LogP contribution < -0.4 is 27.0 Å². The average Bonchev–Trinajstić information content (AvgIpc) is 3.68. The van der Waals surface area contributed by atoms with Gasteiger partial charge in [0, 0.05) is 39.5 Å². The molecule has 0 radical (unpaired) electrons. The van der Waals surface area contributed by atoms with Crippen molar-refractivity contribution < 1.29 is 47.1 Å². The van der Waals surface area contributed by atoms with Gasteiger partial charge in [0.1, 0.15) is 12.1 Å². The monoisotopic (exact) mass is 910 g/mol. The van der Waals surface area contributed by atoms with E-state index >= 15 is 0 Å². The summed E-state index contributed by atoms with van der Waals surface area (Å²) in [6.07, 6.45) is 3.47. The van der Waals surface area contributed by atoms with Crippen LogP contribution in [0.2, 0.25) is 0 Å². The molecule has 0 aromatic heterocycles. The lowest BCUT2D eigenvalue weighted by atomic mass is 9.81. The first-order valence-electron chi connectivity index (χ1n) is 23.2. The van der Waals surface area contributed by atoms with Gasteiger partial charge < -0.3 is 35.8 Å². The minimum Gasteiger partial charge on any atom is -0.431 e. The number of amides is 6. The Morgan fingerprint density at radius 1 is 0.922 bits per heavy atom. The molecule has 15 nitrogen and oxygen atoms in total. The first kappa shape index (κ1) is 59.3. The first-order chi connectivity index (χ1) is 30.2. The summed E-state index contributed by atoms with van der Waals surface area (Å²) in [5.41, 5.74) is 6.27. The normalized spacial score (nSPS) is 19.3. The summed E-state index contributed by atoms with van der Waals surface area (Å²) >= 11 is 0. The molecule has 2 aliphatic rings. The Bertz CT molecular complexity index is 1560. The average molecular weight is 910 g/mol. The molecule has 1 aromatic carbocycles. The molecule has 1 saturated heterocycles. The molecule has 1 aromatic rings. The van der Waals surface area contributed by atoms with Crippen molar-refractivity contribution >= 4 is 41.9 Å². The summed E-state index contributed by atoms with van der Waals surface area (Å²) in [5, 5.41) is 9.85. The number of ketones is 1. The number of hydrogen-bond acceptors (Lipinski definition) is 9.